The Balaban J connectivity index is 2.12. The van der Waals surface area contributed by atoms with Crippen molar-refractivity contribution in [1.29, 1.82) is 0 Å². The summed E-state index contributed by atoms with van der Waals surface area (Å²) in [5, 5.41) is 26.8. The molecule has 0 aliphatic carbocycles. The molecule has 0 saturated heterocycles. The van der Waals surface area contributed by atoms with Crippen molar-refractivity contribution in [3.63, 3.8) is 0 Å². The zero-order valence-electron chi connectivity index (χ0n) is 22.7. The van der Waals surface area contributed by atoms with Crippen LogP contribution < -0.4 is 21.7 Å². The molecule has 2 rings (SSSR count). The molecule has 0 spiro atoms. The summed E-state index contributed by atoms with van der Waals surface area (Å²) in [6.07, 6.45) is 1.83. The first-order valence-electron chi connectivity index (χ1n) is 13.0. The number of aromatic nitrogens is 1. The molecule has 3 amide bonds. The van der Waals surface area contributed by atoms with Crippen LogP contribution in [0.5, 0.6) is 0 Å². The lowest BCUT2D eigenvalue weighted by atomic mass is 9.95. The Morgan fingerprint density at radius 2 is 1.54 bits per heavy atom. The molecule has 2 aromatic rings. The molecule has 5 atom stereocenters. The lowest BCUT2D eigenvalue weighted by molar-refractivity contribution is -0.143. The van der Waals surface area contributed by atoms with Crippen molar-refractivity contribution in [2.75, 3.05) is 0 Å². The van der Waals surface area contributed by atoms with E-state index in [1.807, 2.05) is 31.2 Å². The second-order valence-electron chi connectivity index (χ2n) is 10.1. The van der Waals surface area contributed by atoms with Gasteiger partial charge in [-0.15, -0.1) is 0 Å². The molecule has 39 heavy (non-hydrogen) atoms. The van der Waals surface area contributed by atoms with Crippen molar-refractivity contribution in [1.82, 2.24) is 20.9 Å². The van der Waals surface area contributed by atoms with E-state index >= 15 is 0 Å². The van der Waals surface area contributed by atoms with Gasteiger partial charge in [-0.05, 0) is 36.3 Å². The number of amides is 3. The van der Waals surface area contributed by atoms with Crippen LogP contribution in [-0.4, -0.2) is 69.0 Å². The van der Waals surface area contributed by atoms with Crippen LogP contribution >= 0.6 is 0 Å². The number of aliphatic carboxylic acids is 2. The highest BCUT2D eigenvalue weighted by atomic mass is 16.4. The number of nitrogens with one attached hydrogen (secondary N) is 4. The molecule has 0 fully saturated rings. The first-order valence-corrected chi connectivity index (χ1v) is 13.0. The topological polar surface area (TPSA) is 204 Å². The van der Waals surface area contributed by atoms with Crippen LogP contribution in [0.4, 0.5) is 0 Å². The molecule has 12 nitrogen and oxygen atoms in total. The third-order valence-corrected chi connectivity index (χ3v) is 6.75. The number of H-pyrrole nitrogens is 1. The number of nitrogens with two attached hydrogens (primary N) is 1. The van der Waals surface area contributed by atoms with Gasteiger partial charge in [-0.1, -0.05) is 52.3 Å². The Morgan fingerprint density at radius 3 is 2.13 bits per heavy atom. The Hall–Kier alpha value is -3.93. The second-order valence-corrected chi connectivity index (χ2v) is 10.1. The Labute approximate surface area is 227 Å². The van der Waals surface area contributed by atoms with E-state index in [1.165, 1.54) is 0 Å². The van der Waals surface area contributed by atoms with E-state index in [-0.39, 0.29) is 18.8 Å². The molecule has 0 aliphatic heterocycles. The third-order valence-electron chi connectivity index (χ3n) is 6.75. The summed E-state index contributed by atoms with van der Waals surface area (Å²) in [7, 11) is 0. The zero-order chi connectivity index (χ0) is 29.3. The Morgan fingerprint density at radius 1 is 0.923 bits per heavy atom. The molecule has 1 heterocycles. The van der Waals surface area contributed by atoms with Crippen LogP contribution in [0.1, 0.15) is 52.5 Å². The molecule has 5 unspecified atom stereocenters. The van der Waals surface area contributed by atoms with Gasteiger partial charge < -0.3 is 36.9 Å². The van der Waals surface area contributed by atoms with Crippen molar-refractivity contribution in [3.05, 3.63) is 36.0 Å². The van der Waals surface area contributed by atoms with E-state index in [4.69, 9.17) is 10.8 Å². The van der Waals surface area contributed by atoms with Gasteiger partial charge in [0.25, 0.3) is 0 Å². The zero-order valence-corrected chi connectivity index (χ0v) is 22.7. The van der Waals surface area contributed by atoms with Gasteiger partial charge in [-0.2, -0.15) is 0 Å². The smallest absolute Gasteiger partial charge is 0.326 e. The Kier molecular flexibility index (Phi) is 11.5. The maximum Gasteiger partial charge on any atom is 0.326 e. The average molecular weight is 546 g/mol. The lowest BCUT2D eigenvalue weighted by Crippen LogP contribution is -2.59. The molecule has 12 heteroatoms. The number of carboxylic acid groups (broad SMARTS) is 2. The van der Waals surface area contributed by atoms with Crippen molar-refractivity contribution in [2.24, 2.45) is 17.6 Å². The van der Waals surface area contributed by atoms with Crippen LogP contribution in [0.25, 0.3) is 10.9 Å². The summed E-state index contributed by atoms with van der Waals surface area (Å²) in [5.74, 6) is -5.20. The monoisotopic (exact) mass is 545 g/mol. The standard InChI is InChI=1S/C27H39N5O7/c1-5-15(4)23(32-24(35)18(28)12-16-13-29-19-9-7-6-8-17(16)19)26(37)31-22(14(2)3)25(36)30-20(27(38)39)10-11-21(33)34/h6-9,13-15,18,20,22-23,29H,5,10-12,28H2,1-4H3,(H,30,36)(H,31,37)(H,32,35)(H,33,34)(H,38,39). The van der Waals surface area contributed by atoms with E-state index in [9.17, 15) is 29.1 Å². The van der Waals surface area contributed by atoms with Crippen LogP contribution in [0.2, 0.25) is 0 Å². The number of fused-ring (bicyclic) bond motifs is 1. The van der Waals surface area contributed by atoms with Crippen molar-refractivity contribution < 1.29 is 34.2 Å². The van der Waals surface area contributed by atoms with Gasteiger partial charge >= 0.3 is 11.9 Å². The van der Waals surface area contributed by atoms with Gasteiger partial charge in [-0.25, -0.2) is 4.79 Å². The number of carbonyl (C=O) groups excluding carboxylic acids is 3. The first kappa shape index (κ1) is 31.3. The largest absolute Gasteiger partial charge is 0.481 e. The minimum atomic E-state index is -1.43. The highest BCUT2D eigenvalue weighted by Gasteiger charge is 2.34. The molecule has 1 aromatic heterocycles. The van der Waals surface area contributed by atoms with Gasteiger partial charge in [0.1, 0.15) is 18.1 Å². The number of benzene rings is 1. The fourth-order valence-corrected chi connectivity index (χ4v) is 4.16. The third kappa shape index (κ3) is 8.81. The van der Waals surface area contributed by atoms with Gasteiger partial charge in [0, 0.05) is 23.5 Å². The van der Waals surface area contributed by atoms with Crippen molar-refractivity contribution >= 4 is 40.6 Å². The summed E-state index contributed by atoms with van der Waals surface area (Å²) in [6, 6.07) is 3.15. The van der Waals surface area contributed by atoms with Gasteiger partial charge in [0.15, 0.2) is 0 Å². The summed E-state index contributed by atoms with van der Waals surface area (Å²) in [6.45, 7) is 6.99. The fourth-order valence-electron chi connectivity index (χ4n) is 4.16. The van der Waals surface area contributed by atoms with Crippen molar-refractivity contribution in [3.8, 4) is 0 Å². The highest BCUT2D eigenvalue weighted by molar-refractivity contribution is 5.94. The van der Waals surface area contributed by atoms with E-state index in [1.54, 1.807) is 27.0 Å². The number of carbonyl (C=O) groups is 5. The maximum absolute atomic E-state index is 13.3. The second kappa shape index (κ2) is 14.3. The fraction of sp³-hybridized carbons (Fsp3) is 0.519. The summed E-state index contributed by atoms with van der Waals surface area (Å²) >= 11 is 0. The van der Waals surface area contributed by atoms with E-state index < -0.39 is 66.2 Å². The molecule has 214 valence electrons. The minimum Gasteiger partial charge on any atom is -0.481 e. The van der Waals surface area contributed by atoms with Gasteiger partial charge in [0.05, 0.1) is 6.04 Å². The number of para-hydroxylation sites is 1. The van der Waals surface area contributed by atoms with Gasteiger partial charge in [-0.3, -0.25) is 19.2 Å². The van der Waals surface area contributed by atoms with E-state index in [2.05, 4.69) is 20.9 Å². The molecule has 0 bridgehead atoms. The summed E-state index contributed by atoms with van der Waals surface area (Å²) in [5.41, 5.74) is 7.99. The van der Waals surface area contributed by atoms with Crippen LogP contribution in [0, 0.1) is 11.8 Å². The quantitative estimate of drug-likeness (QED) is 0.172. The lowest BCUT2D eigenvalue weighted by Gasteiger charge is -2.29. The highest BCUT2D eigenvalue weighted by Crippen LogP contribution is 2.19. The number of hydrogen-bond acceptors (Lipinski definition) is 6. The number of rotatable bonds is 15. The van der Waals surface area contributed by atoms with E-state index in [0.717, 1.165) is 16.5 Å². The van der Waals surface area contributed by atoms with Crippen LogP contribution in [-0.2, 0) is 30.4 Å². The Bertz CT molecular complexity index is 1180. The predicted octanol–water partition coefficient (Wildman–Crippen LogP) is 1.14. The SMILES string of the molecule is CCC(C)C(NC(=O)C(N)Cc1c[nH]c2ccccc12)C(=O)NC(C(=O)NC(CCC(=O)O)C(=O)O)C(C)C. The molecule has 0 saturated carbocycles. The minimum absolute atomic E-state index is 0.245. The van der Waals surface area contributed by atoms with Gasteiger partial charge in [0.2, 0.25) is 17.7 Å². The van der Waals surface area contributed by atoms with Crippen LogP contribution in [0.15, 0.2) is 30.5 Å². The van der Waals surface area contributed by atoms with Crippen molar-refractivity contribution in [2.45, 2.75) is 77.5 Å². The molecule has 0 radical (unpaired) electrons. The normalized spacial score (nSPS) is 15.1. The number of hydrogen-bond donors (Lipinski definition) is 7. The van der Waals surface area contributed by atoms with E-state index in [0.29, 0.717) is 6.42 Å². The molecular formula is C27H39N5O7. The summed E-state index contributed by atoms with van der Waals surface area (Å²) in [4.78, 5) is 64.7. The predicted molar refractivity (Wildman–Crippen MR) is 145 cm³/mol. The molecule has 0 aliphatic rings. The molecule has 8 N–H and O–H groups in total. The summed E-state index contributed by atoms with van der Waals surface area (Å²) < 4.78 is 0. The molecule has 1 aromatic carbocycles. The first-order chi connectivity index (χ1) is 18.3. The number of aromatic amines is 1. The van der Waals surface area contributed by atoms with Crippen LogP contribution in [0.3, 0.4) is 0 Å². The average Bonchev–Trinajstić information content (AvgIpc) is 3.29. The maximum atomic E-state index is 13.3. The molecular weight excluding hydrogens is 506 g/mol. The number of carboxylic acids is 2.